The van der Waals surface area contributed by atoms with Crippen LogP contribution in [0.2, 0.25) is 0 Å². The van der Waals surface area contributed by atoms with Gasteiger partial charge >= 0.3 is 0 Å². The van der Waals surface area contributed by atoms with Crippen LogP contribution >= 0.6 is 0 Å². The number of nitrogens with two attached hydrogens (primary N) is 1. The third kappa shape index (κ3) is 3.46. The van der Waals surface area contributed by atoms with E-state index in [9.17, 15) is 0 Å². The number of hydrogen-bond donors (Lipinski definition) is 2. The van der Waals surface area contributed by atoms with Crippen molar-refractivity contribution in [2.75, 3.05) is 13.2 Å². The molecule has 1 fully saturated rings. The molecule has 1 heterocycles. The molecule has 2 atom stereocenters. The summed E-state index contributed by atoms with van der Waals surface area (Å²) >= 11 is 0. The molecule has 0 spiro atoms. The number of ether oxygens (including phenoxy) is 1. The maximum Gasteiger partial charge on any atom is 0.0510 e. The lowest BCUT2D eigenvalue weighted by molar-refractivity contribution is 0.175. The lowest BCUT2D eigenvalue weighted by Gasteiger charge is -2.20. The van der Waals surface area contributed by atoms with Crippen LogP contribution in [0.1, 0.15) is 25.7 Å². The number of hydrazine groups is 1. The normalized spacial score (nSPS) is 24.5. The van der Waals surface area contributed by atoms with Crippen molar-refractivity contribution in [1.29, 1.82) is 0 Å². The lowest BCUT2D eigenvalue weighted by atomic mass is 9.95. The van der Waals surface area contributed by atoms with Crippen molar-refractivity contribution in [1.82, 2.24) is 5.43 Å². The largest absolute Gasteiger partial charge is 0.381 e. The van der Waals surface area contributed by atoms with Crippen molar-refractivity contribution in [2.24, 2.45) is 11.8 Å². The van der Waals surface area contributed by atoms with Gasteiger partial charge in [-0.1, -0.05) is 6.08 Å². The minimum absolute atomic E-state index is 0.419. The third-order valence-corrected chi connectivity index (χ3v) is 2.67. The van der Waals surface area contributed by atoms with E-state index in [-0.39, 0.29) is 0 Å². The molecule has 0 bridgehead atoms. The van der Waals surface area contributed by atoms with E-state index in [2.05, 4.69) is 12.0 Å². The van der Waals surface area contributed by atoms with Crippen LogP contribution in [0.3, 0.4) is 0 Å². The van der Waals surface area contributed by atoms with Crippen molar-refractivity contribution < 1.29 is 4.74 Å². The van der Waals surface area contributed by atoms with E-state index in [1.807, 2.05) is 6.08 Å². The fourth-order valence-electron chi connectivity index (χ4n) is 1.81. The van der Waals surface area contributed by atoms with E-state index in [0.717, 1.165) is 38.9 Å². The highest BCUT2D eigenvalue weighted by Gasteiger charge is 2.23. The summed E-state index contributed by atoms with van der Waals surface area (Å²) in [4.78, 5) is 0. The van der Waals surface area contributed by atoms with E-state index in [0.29, 0.717) is 12.0 Å². The smallest absolute Gasteiger partial charge is 0.0510 e. The molecular weight excluding hydrogens is 164 g/mol. The summed E-state index contributed by atoms with van der Waals surface area (Å²) in [7, 11) is 0. The standard InChI is InChI=1S/C10H20N2O/c1-2-3-4-5-10(12-11)9-6-7-13-8-9/h2,9-10,12H,1,3-8,11H2. The molecule has 1 rings (SSSR count). The summed E-state index contributed by atoms with van der Waals surface area (Å²) in [5.41, 5.74) is 2.89. The second-order valence-corrected chi connectivity index (χ2v) is 3.62. The summed E-state index contributed by atoms with van der Waals surface area (Å²) < 4.78 is 5.33. The fourth-order valence-corrected chi connectivity index (χ4v) is 1.81. The predicted octanol–water partition coefficient (Wildman–Crippen LogP) is 1.21. The SMILES string of the molecule is C=CCCCC(NN)C1CCOC1. The maximum absolute atomic E-state index is 5.50. The van der Waals surface area contributed by atoms with Crippen molar-refractivity contribution in [3.8, 4) is 0 Å². The Balaban J connectivity index is 2.20. The third-order valence-electron chi connectivity index (χ3n) is 2.67. The van der Waals surface area contributed by atoms with Gasteiger partial charge < -0.3 is 4.74 Å². The molecule has 3 N–H and O–H groups in total. The van der Waals surface area contributed by atoms with Gasteiger partial charge in [0.2, 0.25) is 0 Å². The van der Waals surface area contributed by atoms with Gasteiger partial charge in [0, 0.05) is 18.6 Å². The monoisotopic (exact) mass is 184 g/mol. The minimum Gasteiger partial charge on any atom is -0.381 e. The highest BCUT2D eigenvalue weighted by molar-refractivity contribution is 4.78. The Morgan fingerprint density at radius 1 is 1.69 bits per heavy atom. The fraction of sp³-hybridized carbons (Fsp3) is 0.800. The molecule has 0 radical (unpaired) electrons. The van der Waals surface area contributed by atoms with Gasteiger partial charge in [0.15, 0.2) is 0 Å². The molecule has 1 aliphatic rings. The summed E-state index contributed by atoms with van der Waals surface area (Å²) in [5.74, 6) is 6.11. The Hall–Kier alpha value is -0.380. The van der Waals surface area contributed by atoms with Gasteiger partial charge in [0.1, 0.15) is 0 Å². The summed E-state index contributed by atoms with van der Waals surface area (Å²) in [6.45, 7) is 5.46. The molecule has 2 unspecified atom stereocenters. The van der Waals surface area contributed by atoms with Gasteiger partial charge in [-0.05, 0) is 25.7 Å². The van der Waals surface area contributed by atoms with Crippen LogP contribution in [0.15, 0.2) is 12.7 Å². The Morgan fingerprint density at radius 2 is 2.54 bits per heavy atom. The van der Waals surface area contributed by atoms with Crippen LogP contribution in [0.4, 0.5) is 0 Å². The number of hydrogen-bond acceptors (Lipinski definition) is 3. The van der Waals surface area contributed by atoms with Crippen molar-refractivity contribution >= 4 is 0 Å². The average Bonchev–Trinajstić information content (AvgIpc) is 2.65. The Morgan fingerprint density at radius 3 is 3.08 bits per heavy atom. The van der Waals surface area contributed by atoms with Crippen molar-refractivity contribution in [3.05, 3.63) is 12.7 Å². The molecule has 0 aliphatic carbocycles. The van der Waals surface area contributed by atoms with Crippen LogP contribution in [0, 0.1) is 5.92 Å². The molecule has 3 nitrogen and oxygen atoms in total. The van der Waals surface area contributed by atoms with E-state index < -0.39 is 0 Å². The van der Waals surface area contributed by atoms with E-state index in [1.54, 1.807) is 0 Å². The first-order valence-corrected chi connectivity index (χ1v) is 5.03. The molecule has 0 saturated carbocycles. The Kier molecular flexibility index (Phi) is 5.05. The van der Waals surface area contributed by atoms with Crippen LogP contribution in [-0.4, -0.2) is 19.3 Å². The molecule has 0 aromatic carbocycles. The molecule has 13 heavy (non-hydrogen) atoms. The molecule has 3 heteroatoms. The molecular formula is C10H20N2O. The zero-order valence-electron chi connectivity index (χ0n) is 8.17. The summed E-state index contributed by atoms with van der Waals surface area (Å²) in [6, 6.07) is 0.419. The van der Waals surface area contributed by atoms with Gasteiger partial charge in [0.25, 0.3) is 0 Å². The number of unbranched alkanes of at least 4 members (excludes halogenated alkanes) is 1. The van der Waals surface area contributed by atoms with Crippen LogP contribution in [0.5, 0.6) is 0 Å². The van der Waals surface area contributed by atoms with Crippen molar-refractivity contribution in [2.45, 2.75) is 31.7 Å². The van der Waals surface area contributed by atoms with E-state index in [4.69, 9.17) is 10.6 Å². The zero-order valence-corrected chi connectivity index (χ0v) is 8.17. The molecule has 1 aliphatic heterocycles. The number of allylic oxidation sites excluding steroid dienone is 1. The van der Waals surface area contributed by atoms with E-state index in [1.165, 1.54) is 0 Å². The van der Waals surface area contributed by atoms with Crippen LogP contribution in [0.25, 0.3) is 0 Å². The second-order valence-electron chi connectivity index (χ2n) is 3.62. The van der Waals surface area contributed by atoms with Crippen LogP contribution in [-0.2, 0) is 4.74 Å². The zero-order chi connectivity index (χ0) is 9.52. The van der Waals surface area contributed by atoms with Gasteiger partial charge in [-0.25, -0.2) is 0 Å². The van der Waals surface area contributed by atoms with Gasteiger partial charge in [0.05, 0.1) is 6.61 Å². The second kappa shape index (κ2) is 6.13. The molecule has 0 amide bonds. The first-order chi connectivity index (χ1) is 6.38. The average molecular weight is 184 g/mol. The topological polar surface area (TPSA) is 47.3 Å². The van der Waals surface area contributed by atoms with Crippen molar-refractivity contribution in [3.63, 3.8) is 0 Å². The summed E-state index contributed by atoms with van der Waals surface area (Å²) in [5, 5.41) is 0. The lowest BCUT2D eigenvalue weighted by Crippen LogP contribution is -2.41. The Bertz CT molecular complexity index is 144. The highest BCUT2D eigenvalue weighted by atomic mass is 16.5. The molecule has 0 aromatic heterocycles. The summed E-state index contributed by atoms with van der Waals surface area (Å²) in [6.07, 6.45) is 6.46. The van der Waals surface area contributed by atoms with Gasteiger partial charge in [-0.15, -0.1) is 6.58 Å². The molecule has 1 saturated heterocycles. The van der Waals surface area contributed by atoms with Crippen LogP contribution < -0.4 is 11.3 Å². The van der Waals surface area contributed by atoms with Gasteiger partial charge in [-0.2, -0.15) is 0 Å². The number of nitrogens with one attached hydrogen (secondary N) is 1. The number of rotatable bonds is 6. The molecule has 76 valence electrons. The maximum atomic E-state index is 5.50. The quantitative estimate of drug-likeness (QED) is 0.282. The molecule has 0 aromatic rings. The van der Waals surface area contributed by atoms with E-state index >= 15 is 0 Å². The highest BCUT2D eigenvalue weighted by Crippen LogP contribution is 2.19. The first-order valence-electron chi connectivity index (χ1n) is 5.03. The minimum atomic E-state index is 0.419. The first kappa shape index (κ1) is 10.7. The van der Waals surface area contributed by atoms with Gasteiger partial charge in [-0.3, -0.25) is 11.3 Å². The predicted molar refractivity (Wildman–Crippen MR) is 54.1 cm³/mol. The Labute approximate surface area is 80.3 Å².